The van der Waals surface area contributed by atoms with E-state index in [1.165, 1.54) is 12.8 Å². The van der Waals surface area contributed by atoms with Crippen molar-refractivity contribution in [3.8, 4) is 0 Å². The second kappa shape index (κ2) is 3.54. The van der Waals surface area contributed by atoms with Crippen LogP contribution < -0.4 is 11.1 Å². The molecule has 0 radical (unpaired) electrons. The van der Waals surface area contributed by atoms with Gasteiger partial charge >= 0.3 is 0 Å². The molecule has 0 aromatic rings. The predicted octanol–water partition coefficient (Wildman–Crippen LogP) is 1.17. The van der Waals surface area contributed by atoms with E-state index in [9.17, 15) is 4.79 Å². The van der Waals surface area contributed by atoms with Gasteiger partial charge in [0.1, 0.15) is 0 Å². The van der Waals surface area contributed by atoms with Crippen LogP contribution >= 0.6 is 0 Å². The van der Waals surface area contributed by atoms with E-state index in [1.54, 1.807) is 0 Å². The number of nitrogens with one attached hydrogen (secondary N) is 1. The van der Waals surface area contributed by atoms with Gasteiger partial charge in [0.05, 0.1) is 5.54 Å². The highest BCUT2D eigenvalue weighted by molar-refractivity contribution is 5.89. The van der Waals surface area contributed by atoms with Crippen molar-refractivity contribution in [2.45, 2.75) is 57.0 Å². The molecule has 2 aliphatic carbocycles. The molecule has 0 spiro atoms. The van der Waals surface area contributed by atoms with E-state index in [1.807, 2.05) is 0 Å². The first-order valence-corrected chi connectivity index (χ1v) is 5.70. The Morgan fingerprint density at radius 2 is 2.14 bits per heavy atom. The van der Waals surface area contributed by atoms with Gasteiger partial charge in [0.2, 0.25) is 5.91 Å². The smallest absolute Gasteiger partial charge is 0.240 e. The highest BCUT2D eigenvalue weighted by Gasteiger charge is 2.46. The van der Waals surface area contributed by atoms with Gasteiger partial charge in [-0.15, -0.1) is 0 Å². The topological polar surface area (TPSA) is 55.1 Å². The van der Waals surface area contributed by atoms with Gasteiger partial charge in [-0.1, -0.05) is 19.8 Å². The summed E-state index contributed by atoms with van der Waals surface area (Å²) < 4.78 is 0. The minimum absolute atomic E-state index is 0.0802. The number of carbonyl (C=O) groups excluding carboxylic acids is 1. The SMILES string of the molecule is CC1CCCC(NC(=O)C2(N)CC2)C1. The summed E-state index contributed by atoms with van der Waals surface area (Å²) in [7, 11) is 0. The van der Waals surface area contributed by atoms with Crippen molar-refractivity contribution in [1.29, 1.82) is 0 Å². The molecule has 0 aromatic carbocycles. The molecule has 2 saturated carbocycles. The molecule has 0 saturated heterocycles. The molecule has 0 aliphatic heterocycles. The molecule has 0 bridgehead atoms. The Kier molecular flexibility index (Phi) is 2.52. The third kappa shape index (κ3) is 2.08. The summed E-state index contributed by atoms with van der Waals surface area (Å²) in [4.78, 5) is 11.7. The van der Waals surface area contributed by atoms with Crippen LogP contribution in [0.15, 0.2) is 0 Å². The van der Waals surface area contributed by atoms with Crippen molar-refractivity contribution >= 4 is 5.91 Å². The van der Waals surface area contributed by atoms with E-state index >= 15 is 0 Å². The number of hydrogen-bond acceptors (Lipinski definition) is 2. The minimum atomic E-state index is -0.499. The van der Waals surface area contributed by atoms with Crippen LogP contribution in [0, 0.1) is 5.92 Å². The zero-order valence-electron chi connectivity index (χ0n) is 8.88. The van der Waals surface area contributed by atoms with Gasteiger partial charge in [0, 0.05) is 6.04 Å². The molecule has 14 heavy (non-hydrogen) atoms. The van der Waals surface area contributed by atoms with Gasteiger partial charge in [0.25, 0.3) is 0 Å². The Morgan fingerprint density at radius 1 is 1.43 bits per heavy atom. The van der Waals surface area contributed by atoms with Gasteiger partial charge < -0.3 is 11.1 Å². The standard InChI is InChI=1S/C11H20N2O/c1-8-3-2-4-9(7-8)13-10(14)11(12)5-6-11/h8-9H,2-7,12H2,1H3,(H,13,14). The maximum atomic E-state index is 11.7. The second-order valence-electron chi connectivity index (χ2n) is 5.10. The molecule has 3 heteroatoms. The molecule has 80 valence electrons. The molecule has 1 amide bonds. The number of hydrogen-bond donors (Lipinski definition) is 2. The number of rotatable bonds is 2. The van der Waals surface area contributed by atoms with Crippen molar-refractivity contribution in [1.82, 2.24) is 5.32 Å². The fourth-order valence-corrected chi connectivity index (χ4v) is 2.26. The summed E-state index contributed by atoms with van der Waals surface area (Å²) in [5, 5.41) is 3.09. The molecule has 2 atom stereocenters. The van der Waals surface area contributed by atoms with E-state index in [-0.39, 0.29) is 5.91 Å². The highest BCUT2D eigenvalue weighted by Crippen LogP contribution is 2.33. The first-order valence-electron chi connectivity index (χ1n) is 5.70. The lowest BCUT2D eigenvalue weighted by atomic mass is 9.87. The van der Waals surface area contributed by atoms with Crippen LogP contribution in [-0.2, 0) is 4.79 Å². The summed E-state index contributed by atoms with van der Waals surface area (Å²) in [6, 6.07) is 0.382. The average Bonchev–Trinajstić information content (AvgIpc) is 2.85. The normalized spacial score (nSPS) is 35.0. The predicted molar refractivity (Wildman–Crippen MR) is 55.7 cm³/mol. The molecular formula is C11H20N2O. The van der Waals surface area contributed by atoms with Crippen LogP contribution in [-0.4, -0.2) is 17.5 Å². The molecular weight excluding hydrogens is 176 g/mol. The zero-order chi connectivity index (χ0) is 10.2. The fourth-order valence-electron chi connectivity index (χ4n) is 2.26. The fraction of sp³-hybridized carbons (Fsp3) is 0.909. The minimum Gasteiger partial charge on any atom is -0.352 e. The van der Waals surface area contributed by atoms with E-state index in [4.69, 9.17) is 5.73 Å². The number of carbonyl (C=O) groups is 1. The van der Waals surface area contributed by atoms with E-state index < -0.39 is 5.54 Å². The Bertz CT molecular complexity index is 235. The van der Waals surface area contributed by atoms with Crippen LogP contribution in [0.3, 0.4) is 0 Å². The third-order valence-electron chi connectivity index (χ3n) is 3.51. The molecule has 3 nitrogen and oxygen atoms in total. The first kappa shape index (κ1) is 9.97. The number of nitrogens with two attached hydrogens (primary N) is 1. The Hall–Kier alpha value is -0.570. The van der Waals surface area contributed by atoms with Gasteiger partial charge in [-0.25, -0.2) is 0 Å². The molecule has 2 unspecified atom stereocenters. The lowest BCUT2D eigenvalue weighted by molar-refractivity contribution is -0.124. The van der Waals surface area contributed by atoms with Crippen molar-refractivity contribution < 1.29 is 4.79 Å². The largest absolute Gasteiger partial charge is 0.352 e. The van der Waals surface area contributed by atoms with Gasteiger partial charge in [-0.05, 0) is 31.6 Å². The maximum absolute atomic E-state index is 11.7. The van der Waals surface area contributed by atoms with Crippen LogP contribution in [0.25, 0.3) is 0 Å². The Labute approximate surface area is 85.4 Å². The van der Waals surface area contributed by atoms with Crippen LogP contribution in [0.2, 0.25) is 0 Å². The van der Waals surface area contributed by atoms with Crippen molar-refractivity contribution in [3.63, 3.8) is 0 Å². The van der Waals surface area contributed by atoms with Crippen LogP contribution in [0.4, 0.5) is 0 Å². The first-order chi connectivity index (χ1) is 6.60. The summed E-state index contributed by atoms with van der Waals surface area (Å²) >= 11 is 0. The lowest BCUT2D eigenvalue weighted by Gasteiger charge is -2.28. The summed E-state index contributed by atoms with van der Waals surface area (Å²) in [6.45, 7) is 2.26. The summed E-state index contributed by atoms with van der Waals surface area (Å²) in [5.74, 6) is 0.832. The molecule has 2 aliphatic rings. The van der Waals surface area contributed by atoms with Crippen LogP contribution in [0.1, 0.15) is 45.4 Å². The van der Waals surface area contributed by atoms with E-state index in [0.29, 0.717) is 6.04 Å². The second-order valence-corrected chi connectivity index (χ2v) is 5.10. The zero-order valence-corrected chi connectivity index (χ0v) is 8.88. The molecule has 3 N–H and O–H groups in total. The maximum Gasteiger partial charge on any atom is 0.240 e. The average molecular weight is 196 g/mol. The molecule has 0 heterocycles. The van der Waals surface area contributed by atoms with E-state index in [2.05, 4.69) is 12.2 Å². The monoisotopic (exact) mass is 196 g/mol. The summed E-state index contributed by atoms with van der Waals surface area (Å²) in [6.07, 6.45) is 6.53. The van der Waals surface area contributed by atoms with E-state index in [0.717, 1.165) is 31.6 Å². The summed E-state index contributed by atoms with van der Waals surface area (Å²) in [5.41, 5.74) is 5.33. The number of amides is 1. The van der Waals surface area contributed by atoms with Gasteiger partial charge in [0.15, 0.2) is 0 Å². The highest BCUT2D eigenvalue weighted by atomic mass is 16.2. The lowest BCUT2D eigenvalue weighted by Crippen LogP contribution is -2.48. The Balaban J connectivity index is 1.81. The van der Waals surface area contributed by atoms with Gasteiger partial charge in [-0.3, -0.25) is 4.79 Å². The molecule has 2 fully saturated rings. The molecule has 0 aromatic heterocycles. The van der Waals surface area contributed by atoms with Crippen molar-refractivity contribution in [2.75, 3.05) is 0 Å². The quantitative estimate of drug-likeness (QED) is 0.696. The molecule has 2 rings (SSSR count). The Morgan fingerprint density at radius 3 is 2.71 bits per heavy atom. The van der Waals surface area contributed by atoms with Crippen LogP contribution in [0.5, 0.6) is 0 Å². The van der Waals surface area contributed by atoms with Crippen molar-refractivity contribution in [2.24, 2.45) is 11.7 Å². The van der Waals surface area contributed by atoms with Crippen molar-refractivity contribution in [3.05, 3.63) is 0 Å². The van der Waals surface area contributed by atoms with Gasteiger partial charge in [-0.2, -0.15) is 0 Å². The third-order valence-corrected chi connectivity index (χ3v) is 3.51.